The number of hydrogen-bond donors (Lipinski definition) is 2. The number of carbonyl (C=O) groups excluding carboxylic acids is 2. The molecule has 0 radical (unpaired) electrons. The van der Waals surface area contributed by atoms with Crippen molar-refractivity contribution in [2.24, 2.45) is 0 Å². The van der Waals surface area contributed by atoms with Crippen molar-refractivity contribution >= 4 is 22.9 Å². The van der Waals surface area contributed by atoms with Gasteiger partial charge in [-0.15, -0.1) is 0 Å². The second kappa shape index (κ2) is 6.54. The Morgan fingerprint density at radius 1 is 1.21 bits per heavy atom. The van der Waals surface area contributed by atoms with Crippen LogP contribution in [0.1, 0.15) is 27.5 Å². The highest BCUT2D eigenvalue weighted by atomic mass is 16.5. The molecule has 24 heavy (non-hydrogen) atoms. The van der Waals surface area contributed by atoms with Gasteiger partial charge in [0.2, 0.25) is 0 Å². The molecule has 1 amide bonds. The SMILES string of the molecule is COC(=O)[C@@H](NC(=O)c1ccc2nc[nH]c2c1)c1cccc(C)c1. The predicted octanol–water partition coefficient (Wildman–Crippen LogP) is 2.52. The molecule has 6 nitrogen and oxygen atoms in total. The second-order valence-electron chi connectivity index (χ2n) is 5.48. The summed E-state index contributed by atoms with van der Waals surface area (Å²) in [6.45, 7) is 1.92. The molecule has 0 aliphatic heterocycles. The number of nitrogens with zero attached hydrogens (tertiary/aromatic N) is 1. The molecule has 1 heterocycles. The lowest BCUT2D eigenvalue weighted by atomic mass is 10.0. The quantitative estimate of drug-likeness (QED) is 0.723. The third-order valence-corrected chi connectivity index (χ3v) is 3.77. The molecule has 0 aliphatic carbocycles. The van der Waals surface area contributed by atoms with Gasteiger partial charge in [0.05, 0.1) is 24.5 Å². The first-order valence-corrected chi connectivity index (χ1v) is 7.47. The minimum atomic E-state index is -0.861. The molecule has 0 saturated carbocycles. The van der Waals surface area contributed by atoms with Crippen molar-refractivity contribution in [3.8, 4) is 0 Å². The number of amides is 1. The Hall–Kier alpha value is -3.15. The van der Waals surface area contributed by atoms with Crippen LogP contribution in [0, 0.1) is 6.92 Å². The van der Waals surface area contributed by atoms with E-state index in [2.05, 4.69) is 15.3 Å². The maximum atomic E-state index is 12.5. The van der Waals surface area contributed by atoms with E-state index in [1.165, 1.54) is 7.11 Å². The van der Waals surface area contributed by atoms with Crippen molar-refractivity contribution in [3.63, 3.8) is 0 Å². The fourth-order valence-electron chi connectivity index (χ4n) is 2.54. The molecule has 0 saturated heterocycles. The van der Waals surface area contributed by atoms with Crippen LogP contribution in [-0.2, 0) is 9.53 Å². The van der Waals surface area contributed by atoms with E-state index in [0.29, 0.717) is 11.1 Å². The first kappa shape index (κ1) is 15.7. The molecule has 0 aliphatic rings. The standard InChI is InChI=1S/C18H17N3O3/c1-11-4-3-5-12(8-11)16(18(23)24-2)21-17(22)13-6-7-14-15(9-13)20-10-19-14/h3-10,16H,1-2H3,(H,19,20)(H,21,22)/t16-/m0/s1. The van der Waals surface area contributed by atoms with Crippen LogP contribution >= 0.6 is 0 Å². The van der Waals surface area contributed by atoms with E-state index in [4.69, 9.17) is 4.74 Å². The minimum Gasteiger partial charge on any atom is -0.467 e. The molecule has 1 atom stereocenters. The van der Waals surface area contributed by atoms with E-state index in [0.717, 1.165) is 16.6 Å². The van der Waals surface area contributed by atoms with Gasteiger partial charge < -0.3 is 15.0 Å². The number of imidazole rings is 1. The number of H-pyrrole nitrogens is 1. The summed E-state index contributed by atoms with van der Waals surface area (Å²) in [7, 11) is 1.30. The van der Waals surface area contributed by atoms with Crippen molar-refractivity contribution in [2.75, 3.05) is 7.11 Å². The zero-order valence-electron chi connectivity index (χ0n) is 13.4. The molecule has 0 fully saturated rings. The van der Waals surface area contributed by atoms with Crippen LogP contribution in [0.5, 0.6) is 0 Å². The Balaban J connectivity index is 1.88. The lowest BCUT2D eigenvalue weighted by molar-refractivity contribution is -0.143. The molecule has 2 aromatic carbocycles. The smallest absolute Gasteiger partial charge is 0.333 e. The van der Waals surface area contributed by atoms with Gasteiger partial charge in [-0.3, -0.25) is 4.79 Å². The molecule has 0 bridgehead atoms. The topological polar surface area (TPSA) is 84.1 Å². The average molecular weight is 323 g/mol. The van der Waals surface area contributed by atoms with Gasteiger partial charge in [-0.25, -0.2) is 9.78 Å². The van der Waals surface area contributed by atoms with E-state index in [1.54, 1.807) is 30.6 Å². The van der Waals surface area contributed by atoms with Gasteiger partial charge in [0.25, 0.3) is 5.91 Å². The average Bonchev–Trinajstić information content (AvgIpc) is 3.06. The highest BCUT2D eigenvalue weighted by Crippen LogP contribution is 2.18. The number of fused-ring (bicyclic) bond motifs is 1. The van der Waals surface area contributed by atoms with Crippen LogP contribution in [0.3, 0.4) is 0 Å². The first-order valence-electron chi connectivity index (χ1n) is 7.47. The molecule has 1 aromatic heterocycles. The number of rotatable bonds is 4. The summed E-state index contributed by atoms with van der Waals surface area (Å²) in [5.74, 6) is -0.875. The Bertz CT molecular complexity index is 901. The van der Waals surface area contributed by atoms with E-state index in [1.807, 2.05) is 25.1 Å². The zero-order valence-corrected chi connectivity index (χ0v) is 13.4. The lowest BCUT2D eigenvalue weighted by Gasteiger charge is -2.17. The zero-order chi connectivity index (χ0) is 17.1. The summed E-state index contributed by atoms with van der Waals surface area (Å²) < 4.78 is 4.83. The molecule has 3 aromatic rings. The summed E-state index contributed by atoms with van der Waals surface area (Å²) in [6, 6.07) is 11.6. The summed E-state index contributed by atoms with van der Waals surface area (Å²) in [5.41, 5.74) is 3.64. The molecule has 6 heteroatoms. The van der Waals surface area contributed by atoms with Crippen LogP contribution in [0.25, 0.3) is 11.0 Å². The highest BCUT2D eigenvalue weighted by molar-refractivity contribution is 5.99. The number of aromatic nitrogens is 2. The Kier molecular flexibility index (Phi) is 4.29. The molecule has 0 unspecified atom stereocenters. The van der Waals surface area contributed by atoms with Gasteiger partial charge in [-0.05, 0) is 30.7 Å². The number of carbonyl (C=O) groups is 2. The summed E-state index contributed by atoms with van der Waals surface area (Å²) in [6.07, 6.45) is 1.57. The molecule has 0 spiro atoms. The molecular formula is C18H17N3O3. The fraction of sp³-hybridized carbons (Fsp3) is 0.167. The first-order chi connectivity index (χ1) is 11.6. The third-order valence-electron chi connectivity index (χ3n) is 3.77. The number of aromatic amines is 1. The van der Waals surface area contributed by atoms with Crippen LogP contribution in [0.4, 0.5) is 0 Å². The maximum Gasteiger partial charge on any atom is 0.333 e. The van der Waals surface area contributed by atoms with Gasteiger partial charge in [0.1, 0.15) is 0 Å². The highest BCUT2D eigenvalue weighted by Gasteiger charge is 2.24. The number of aryl methyl sites for hydroxylation is 1. The second-order valence-corrected chi connectivity index (χ2v) is 5.48. The fourth-order valence-corrected chi connectivity index (χ4v) is 2.54. The largest absolute Gasteiger partial charge is 0.467 e. The Morgan fingerprint density at radius 2 is 2.04 bits per heavy atom. The number of ether oxygens (including phenoxy) is 1. The molecule has 2 N–H and O–H groups in total. The van der Waals surface area contributed by atoms with E-state index >= 15 is 0 Å². The summed E-state index contributed by atoms with van der Waals surface area (Å²) in [4.78, 5) is 31.7. The number of hydrogen-bond acceptors (Lipinski definition) is 4. The predicted molar refractivity (Wildman–Crippen MR) is 89.5 cm³/mol. The minimum absolute atomic E-state index is 0.358. The van der Waals surface area contributed by atoms with Crippen molar-refractivity contribution in [1.29, 1.82) is 0 Å². The van der Waals surface area contributed by atoms with Gasteiger partial charge in [-0.2, -0.15) is 0 Å². The molecule has 122 valence electrons. The summed E-state index contributed by atoms with van der Waals surface area (Å²) in [5, 5.41) is 2.74. The van der Waals surface area contributed by atoms with E-state index < -0.39 is 12.0 Å². The number of methoxy groups -OCH3 is 1. The molecular weight excluding hydrogens is 306 g/mol. The van der Waals surface area contributed by atoms with Gasteiger partial charge in [0, 0.05) is 5.56 Å². The Labute approximate surface area is 138 Å². The van der Waals surface area contributed by atoms with Crippen LogP contribution in [0.15, 0.2) is 48.8 Å². The molecule has 3 rings (SSSR count). The number of esters is 1. The number of benzene rings is 2. The Morgan fingerprint density at radius 3 is 2.79 bits per heavy atom. The van der Waals surface area contributed by atoms with Crippen molar-refractivity contribution < 1.29 is 14.3 Å². The van der Waals surface area contributed by atoms with E-state index in [9.17, 15) is 9.59 Å². The van der Waals surface area contributed by atoms with Gasteiger partial charge >= 0.3 is 5.97 Å². The van der Waals surface area contributed by atoms with Crippen molar-refractivity contribution in [2.45, 2.75) is 13.0 Å². The van der Waals surface area contributed by atoms with Crippen LogP contribution in [0.2, 0.25) is 0 Å². The van der Waals surface area contributed by atoms with Crippen LogP contribution in [-0.4, -0.2) is 29.0 Å². The third kappa shape index (κ3) is 3.12. The van der Waals surface area contributed by atoms with Gasteiger partial charge in [0.15, 0.2) is 6.04 Å². The maximum absolute atomic E-state index is 12.5. The van der Waals surface area contributed by atoms with Crippen molar-refractivity contribution in [1.82, 2.24) is 15.3 Å². The van der Waals surface area contributed by atoms with Crippen molar-refractivity contribution in [3.05, 3.63) is 65.5 Å². The monoisotopic (exact) mass is 323 g/mol. The number of nitrogens with one attached hydrogen (secondary N) is 2. The normalized spacial score (nSPS) is 11.9. The van der Waals surface area contributed by atoms with E-state index in [-0.39, 0.29) is 5.91 Å². The lowest BCUT2D eigenvalue weighted by Crippen LogP contribution is -2.34. The van der Waals surface area contributed by atoms with Crippen LogP contribution < -0.4 is 5.32 Å². The summed E-state index contributed by atoms with van der Waals surface area (Å²) >= 11 is 0. The van der Waals surface area contributed by atoms with Gasteiger partial charge in [-0.1, -0.05) is 29.8 Å².